The molecule has 0 heterocycles. The van der Waals surface area contributed by atoms with Crippen LogP contribution in [0.1, 0.15) is 16.8 Å². The Labute approximate surface area is 111 Å². The van der Waals surface area contributed by atoms with Crippen LogP contribution in [0.5, 0.6) is 0 Å². The number of nitrogens with zero attached hydrogens (tertiary/aromatic N) is 1. The topological polar surface area (TPSA) is 115 Å². The normalized spacial score (nSPS) is 9.83. The van der Waals surface area contributed by atoms with Crippen LogP contribution < -0.4 is 11.1 Å². The number of rotatable bonds is 5. The molecule has 96 valence electrons. The van der Waals surface area contributed by atoms with E-state index in [-0.39, 0.29) is 24.2 Å². The molecule has 0 aliphatic carbocycles. The molecule has 0 saturated carbocycles. The predicted octanol–water partition coefficient (Wildman–Crippen LogP) is 0.962. The van der Waals surface area contributed by atoms with E-state index in [1.807, 2.05) is 0 Å². The van der Waals surface area contributed by atoms with Gasteiger partial charge in [-0.05, 0) is 22.0 Å². The van der Waals surface area contributed by atoms with Gasteiger partial charge in [-0.15, -0.1) is 0 Å². The van der Waals surface area contributed by atoms with Gasteiger partial charge < -0.3 is 11.1 Å². The molecular weight excluding hydrogens is 306 g/mol. The fourth-order valence-electron chi connectivity index (χ4n) is 1.20. The number of non-ortho nitro benzene ring substituents is 1. The lowest BCUT2D eigenvalue weighted by molar-refractivity contribution is -0.384. The van der Waals surface area contributed by atoms with E-state index < -0.39 is 16.7 Å². The van der Waals surface area contributed by atoms with Crippen molar-refractivity contribution in [1.29, 1.82) is 0 Å². The fraction of sp³-hybridized carbons (Fsp3) is 0.200. The van der Waals surface area contributed by atoms with E-state index in [4.69, 9.17) is 5.73 Å². The molecule has 0 aromatic heterocycles. The highest BCUT2D eigenvalue weighted by molar-refractivity contribution is 9.10. The summed E-state index contributed by atoms with van der Waals surface area (Å²) in [4.78, 5) is 32.2. The number of carbonyl (C=O) groups is 2. The van der Waals surface area contributed by atoms with Gasteiger partial charge in [0.25, 0.3) is 11.6 Å². The summed E-state index contributed by atoms with van der Waals surface area (Å²) < 4.78 is 0.435. The smallest absolute Gasteiger partial charge is 0.270 e. The summed E-state index contributed by atoms with van der Waals surface area (Å²) >= 11 is 3.13. The van der Waals surface area contributed by atoms with Crippen molar-refractivity contribution in [2.24, 2.45) is 5.73 Å². The van der Waals surface area contributed by atoms with Gasteiger partial charge >= 0.3 is 0 Å². The Bertz CT molecular complexity index is 504. The van der Waals surface area contributed by atoms with Crippen molar-refractivity contribution in [3.05, 3.63) is 38.3 Å². The summed E-state index contributed by atoms with van der Waals surface area (Å²) in [6, 6.07) is 3.86. The molecule has 3 N–H and O–H groups in total. The average Bonchev–Trinajstić information content (AvgIpc) is 2.28. The zero-order chi connectivity index (χ0) is 13.7. The second-order valence-corrected chi connectivity index (χ2v) is 4.25. The molecule has 8 heteroatoms. The second kappa shape index (κ2) is 6.10. The third-order valence-electron chi connectivity index (χ3n) is 2.06. The van der Waals surface area contributed by atoms with Crippen LogP contribution in [0, 0.1) is 10.1 Å². The molecule has 1 aromatic carbocycles. The molecule has 0 aliphatic heterocycles. The molecule has 0 spiro atoms. The Morgan fingerprint density at radius 3 is 2.67 bits per heavy atom. The van der Waals surface area contributed by atoms with Gasteiger partial charge in [-0.25, -0.2) is 0 Å². The summed E-state index contributed by atoms with van der Waals surface area (Å²) in [7, 11) is 0. The third kappa shape index (κ3) is 3.81. The van der Waals surface area contributed by atoms with Gasteiger partial charge in [-0.2, -0.15) is 0 Å². The molecule has 1 rings (SSSR count). The molecule has 0 unspecified atom stereocenters. The number of primary amides is 1. The number of halogens is 1. The third-order valence-corrected chi connectivity index (χ3v) is 2.75. The van der Waals surface area contributed by atoms with Crippen molar-refractivity contribution in [2.45, 2.75) is 6.42 Å². The first-order chi connectivity index (χ1) is 8.41. The number of hydrogen-bond donors (Lipinski definition) is 2. The highest BCUT2D eigenvalue weighted by Crippen LogP contribution is 2.22. The molecule has 0 atom stereocenters. The number of amides is 2. The lowest BCUT2D eigenvalue weighted by Crippen LogP contribution is -2.28. The van der Waals surface area contributed by atoms with Crippen molar-refractivity contribution in [3.8, 4) is 0 Å². The van der Waals surface area contributed by atoms with Gasteiger partial charge in [0.05, 0.1) is 10.5 Å². The minimum atomic E-state index is -0.591. The van der Waals surface area contributed by atoms with E-state index in [1.165, 1.54) is 12.1 Å². The van der Waals surface area contributed by atoms with Crippen molar-refractivity contribution in [1.82, 2.24) is 5.32 Å². The lowest BCUT2D eigenvalue weighted by atomic mass is 10.2. The van der Waals surface area contributed by atoms with Crippen LogP contribution >= 0.6 is 15.9 Å². The monoisotopic (exact) mass is 315 g/mol. The Kier molecular flexibility index (Phi) is 4.78. The first-order valence-corrected chi connectivity index (χ1v) is 5.71. The molecule has 0 radical (unpaired) electrons. The molecule has 0 saturated heterocycles. The maximum atomic E-state index is 11.7. The molecule has 1 aromatic rings. The Morgan fingerprint density at radius 2 is 2.11 bits per heavy atom. The lowest BCUT2D eigenvalue weighted by Gasteiger charge is -2.05. The van der Waals surface area contributed by atoms with Gasteiger partial charge in [0.15, 0.2) is 0 Å². The zero-order valence-electron chi connectivity index (χ0n) is 9.18. The van der Waals surface area contributed by atoms with Gasteiger partial charge in [0.1, 0.15) is 0 Å². The number of hydrogen-bond acceptors (Lipinski definition) is 4. The van der Waals surface area contributed by atoms with Gasteiger partial charge in [-0.1, -0.05) is 0 Å². The van der Waals surface area contributed by atoms with Gasteiger partial charge in [-0.3, -0.25) is 19.7 Å². The van der Waals surface area contributed by atoms with Crippen LogP contribution in [0.2, 0.25) is 0 Å². The Hall–Kier alpha value is -1.96. The van der Waals surface area contributed by atoms with E-state index in [2.05, 4.69) is 21.2 Å². The van der Waals surface area contributed by atoms with Crippen LogP contribution in [0.25, 0.3) is 0 Å². The maximum absolute atomic E-state index is 11.7. The first kappa shape index (κ1) is 14.1. The van der Waals surface area contributed by atoms with E-state index in [1.54, 1.807) is 0 Å². The Balaban J connectivity index is 2.81. The highest BCUT2D eigenvalue weighted by Gasteiger charge is 2.15. The number of carbonyl (C=O) groups excluding carboxylic acids is 2. The van der Waals surface area contributed by atoms with Crippen LogP contribution in [0.4, 0.5) is 5.69 Å². The molecule has 2 amide bonds. The number of benzene rings is 1. The molecule has 18 heavy (non-hydrogen) atoms. The van der Waals surface area contributed by atoms with E-state index >= 15 is 0 Å². The molecular formula is C10H10BrN3O4. The summed E-state index contributed by atoms with van der Waals surface area (Å²) in [6.45, 7) is 0.0866. The van der Waals surface area contributed by atoms with Crippen LogP contribution in [0.3, 0.4) is 0 Å². The molecule has 0 aliphatic rings. The highest BCUT2D eigenvalue weighted by atomic mass is 79.9. The van der Waals surface area contributed by atoms with E-state index in [0.717, 1.165) is 6.07 Å². The standard InChI is InChI=1S/C10H10BrN3O4/c11-8-2-1-6(14(17)18)5-7(8)10(16)13-4-3-9(12)15/h1-2,5H,3-4H2,(H2,12,15)(H,13,16). The minimum Gasteiger partial charge on any atom is -0.370 e. The number of nitro benzene ring substituents is 1. The van der Waals surface area contributed by atoms with E-state index in [9.17, 15) is 19.7 Å². The van der Waals surface area contributed by atoms with Crippen LogP contribution in [-0.4, -0.2) is 23.3 Å². The maximum Gasteiger partial charge on any atom is 0.270 e. The average molecular weight is 316 g/mol. The summed E-state index contributed by atoms with van der Waals surface area (Å²) in [5.41, 5.74) is 4.87. The quantitative estimate of drug-likeness (QED) is 0.622. The predicted molar refractivity (Wildman–Crippen MR) is 66.9 cm³/mol. The SMILES string of the molecule is NC(=O)CCNC(=O)c1cc([N+](=O)[O-])ccc1Br. The second-order valence-electron chi connectivity index (χ2n) is 3.39. The minimum absolute atomic E-state index is 0.0122. The first-order valence-electron chi connectivity index (χ1n) is 4.92. The molecule has 0 bridgehead atoms. The van der Waals surface area contributed by atoms with Gasteiger partial charge in [0, 0.05) is 29.6 Å². The number of nitro groups is 1. The fourth-order valence-corrected chi connectivity index (χ4v) is 1.62. The molecule has 7 nitrogen and oxygen atoms in total. The zero-order valence-corrected chi connectivity index (χ0v) is 10.8. The van der Waals surface area contributed by atoms with Crippen molar-refractivity contribution in [3.63, 3.8) is 0 Å². The number of nitrogens with one attached hydrogen (secondary N) is 1. The van der Waals surface area contributed by atoms with Gasteiger partial charge in [0.2, 0.25) is 5.91 Å². The largest absolute Gasteiger partial charge is 0.370 e. The van der Waals surface area contributed by atoms with Crippen molar-refractivity contribution in [2.75, 3.05) is 6.54 Å². The van der Waals surface area contributed by atoms with Crippen LogP contribution in [-0.2, 0) is 4.79 Å². The summed E-state index contributed by atoms with van der Waals surface area (Å²) in [5, 5.41) is 13.0. The van der Waals surface area contributed by atoms with E-state index in [0.29, 0.717) is 4.47 Å². The number of nitrogens with two attached hydrogens (primary N) is 1. The van der Waals surface area contributed by atoms with Crippen molar-refractivity contribution < 1.29 is 14.5 Å². The van der Waals surface area contributed by atoms with Crippen molar-refractivity contribution >= 4 is 33.4 Å². The summed E-state index contributed by atoms with van der Waals surface area (Å²) in [6.07, 6.45) is 0.0122. The van der Waals surface area contributed by atoms with Crippen LogP contribution in [0.15, 0.2) is 22.7 Å². The summed E-state index contributed by atoms with van der Waals surface area (Å²) in [5.74, 6) is -1.04. The Morgan fingerprint density at radius 1 is 1.44 bits per heavy atom. The molecule has 0 fully saturated rings.